The number of fused-ring (bicyclic) bond motifs is 4. The molecule has 10 rings (SSSR count). The molecule has 0 amide bonds. The summed E-state index contributed by atoms with van der Waals surface area (Å²) in [4.78, 5) is 26.1. The van der Waals surface area contributed by atoms with Gasteiger partial charge in [-0.15, -0.1) is 0 Å². The van der Waals surface area contributed by atoms with Crippen molar-refractivity contribution < 1.29 is 116 Å². The van der Waals surface area contributed by atoms with Crippen LogP contribution in [0.15, 0.2) is 34.9 Å². The first-order chi connectivity index (χ1) is 40.6. The number of allylic oxidation sites excluding steroid dienone is 3. The first-order valence-electron chi connectivity index (χ1n) is 30.6. The van der Waals surface area contributed by atoms with E-state index < -0.39 is 166 Å². The van der Waals surface area contributed by atoms with Crippen molar-refractivity contribution in [1.82, 2.24) is 0 Å². The van der Waals surface area contributed by atoms with Crippen molar-refractivity contribution in [2.24, 2.45) is 17.3 Å². The minimum Gasteiger partial charge on any atom is -0.394 e. The van der Waals surface area contributed by atoms with Crippen molar-refractivity contribution in [1.29, 1.82) is 0 Å². The Hall–Kier alpha value is -2.32. The molecule has 24 nitrogen and oxygen atoms in total. The summed E-state index contributed by atoms with van der Waals surface area (Å²) in [6, 6.07) is 0. The molecule has 0 aromatic carbocycles. The van der Waals surface area contributed by atoms with Gasteiger partial charge in [0.05, 0.1) is 73.8 Å². The van der Waals surface area contributed by atoms with Crippen molar-refractivity contribution in [2.75, 3.05) is 42.2 Å². The van der Waals surface area contributed by atoms with Crippen LogP contribution in [0, 0.1) is 17.3 Å². The third-order valence-corrected chi connectivity index (χ3v) is 20.2. The quantitative estimate of drug-likeness (QED) is 0.116. The van der Waals surface area contributed by atoms with Crippen LogP contribution in [-0.4, -0.2) is 245 Å². The lowest BCUT2D eigenvalue weighted by Crippen LogP contribution is -2.62. The van der Waals surface area contributed by atoms with Gasteiger partial charge in [0, 0.05) is 79.6 Å². The molecular weight excluding hydrogens is 1120 g/mol. The fraction of sp³-hybridized carbons (Fsp3) is 0.869. The summed E-state index contributed by atoms with van der Waals surface area (Å²) in [6.07, 6.45) is -7.65. The van der Waals surface area contributed by atoms with Crippen molar-refractivity contribution >= 4 is 11.6 Å². The minimum absolute atomic E-state index is 0.0633. The van der Waals surface area contributed by atoms with Crippen LogP contribution < -0.4 is 0 Å². The molecule has 0 aromatic rings. The van der Waals surface area contributed by atoms with Crippen LogP contribution in [0.25, 0.3) is 0 Å². The number of aliphatic hydroxyl groups excluding tert-OH is 4. The zero-order chi connectivity index (χ0) is 61.0. The van der Waals surface area contributed by atoms with Gasteiger partial charge in [0.15, 0.2) is 54.9 Å². The number of hydrogen-bond acceptors (Lipinski definition) is 24. The highest BCUT2D eigenvalue weighted by Crippen LogP contribution is 2.59. The highest BCUT2D eigenvalue weighted by molar-refractivity contribution is 6.09. The molecule has 30 atom stereocenters. The highest BCUT2D eigenvalue weighted by atomic mass is 16.8. The van der Waals surface area contributed by atoms with E-state index in [9.17, 15) is 35.1 Å². The average Bonchev–Trinajstić information content (AvgIpc) is 1.74. The minimum atomic E-state index is -1.83. The predicted octanol–water partition coefficient (Wildman–Crippen LogP) is 2.76. The van der Waals surface area contributed by atoms with E-state index in [1.54, 1.807) is 41.4 Å². The Morgan fingerprint density at radius 3 is 1.40 bits per heavy atom. The summed E-state index contributed by atoms with van der Waals surface area (Å²) in [6.45, 7) is 12.4. The van der Waals surface area contributed by atoms with E-state index in [0.717, 1.165) is 31.3 Å². The summed E-state index contributed by atoms with van der Waals surface area (Å²) in [5.41, 5.74) is 0.335. The summed E-state index contributed by atoms with van der Waals surface area (Å²) in [7, 11) is 8.05. The molecule has 6 heterocycles. The molecule has 0 unspecified atom stereocenters. The van der Waals surface area contributed by atoms with Crippen molar-refractivity contribution in [3.8, 4) is 0 Å². The normalized spacial score (nSPS) is 49.4. The van der Waals surface area contributed by atoms with E-state index in [4.69, 9.17) is 80.5 Å². The monoisotopic (exact) mass is 1210 g/mol. The van der Waals surface area contributed by atoms with Crippen LogP contribution >= 0.6 is 0 Å². The predicted molar refractivity (Wildman–Crippen MR) is 295 cm³/mol. The molecular formula is C61H94O24. The number of methoxy groups -OCH3 is 5. The molecule has 5 N–H and O–H groups in total. The van der Waals surface area contributed by atoms with E-state index in [1.807, 2.05) is 27.7 Å². The number of Topliss-reactive ketones (excluding diaryl/α,β-unsaturated/α-hetero) is 2. The molecule has 0 spiro atoms. The first-order valence-corrected chi connectivity index (χ1v) is 30.6. The van der Waals surface area contributed by atoms with E-state index in [0.29, 0.717) is 32.1 Å². The maximum atomic E-state index is 13.6. The van der Waals surface area contributed by atoms with E-state index in [1.165, 1.54) is 25.7 Å². The topological polar surface area (TPSA) is 292 Å². The number of carbonyl (C=O) groups is 2. The first kappa shape index (κ1) is 65.6. The van der Waals surface area contributed by atoms with Gasteiger partial charge < -0.3 is 106 Å². The molecule has 0 bridgehead atoms. The van der Waals surface area contributed by atoms with Gasteiger partial charge in [-0.1, -0.05) is 24.6 Å². The third kappa shape index (κ3) is 13.1. The number of ketones is 2. The number of aliphatic hydroxyl groups is 5. The van der Waals surface area contributed by atoms with Crippen LogP contribution in [0.1, 0.15) is 113 Å². The summed E-state index contributed by atoms with van der Waals surface area (Å²) in [5.74, 6) is -0.433. The molecule has 7 fully saturated rings. The Bertz CT molecular complexity index is 2390. The molecule has 482 valence electrons. The van der Waals surface area contributed by atoms with Crippen molar-refractivity contribution in [3.05, 3.63) is 34.9 Å². The SMILES string of the molecule is CO[C@H]1C[C@H](O[C@@H]2[C@@H](C)O[C@@H](O[C@@H]3[C@@H](C)O[C@@H](O[C@H]4CC[C@@]5(C)C(=CC[C@H]6C7=C(C(=O)C[C@@H]65)[C@](O)(C(C)=O)C=C7)C4)C[C@H]3OC)C[C@H]2OC)O[C@H](C)[C@H]1O[C@H]1C[C@H](OC)[C@H](O[C@H]2C[C@@H](OC)[C@@H](O[C@@H]3O[C@H](CO)[C@@H](O)[C@H](O)[C@H]3O)[C@@H](C)O2)[C@@H](C)O1. The molecule has 85 heavy (non-hydrogen) atoms. The summed E-state index contributed by atoms with van der Waals surface area (Å²) in [5, 5.41) is 52.1. The fourth-order valence-corrected chi connectivity index (χ4v) is 15.3. The molecule has 6 saturated heterocycles. The van der Waals surface area contributed by atoms with Crippen LogP contribution in [0.4, 0.5) is 0 Å². The Kier molecular flexibility index (Phi) is 21.0. The van der Waals surface area contributed by atoms with Gasteiger partial charge in [-0.2, -0.15) is 0 Å². The molecule has 10 aliphatic rings. The van der Waals surface area contributed by atoms with Crippen molar-refractivity contribution in [3.63, 3.8) is 0 Å². The van der Waals surface area contributed by atoms with E-state index >= 15 is 0 Å². The smallest absolute Gasteiger partial charge is 0.187 e. The molecule has 0 radical (unpaired) electrons. The van der Waals surface area contributed by atoms with Crippen LogP contribution in [-0.2, 0) is 90.1 Å². The number of ether oxygens (including phenoxy) is 17. The number of carbonyl (C=O) groups excluding carboxylic acids is 2. The third-order valence-electron chi connectivity index (χ3n) is 20.2. The van der Waals surface area contributed by atoms with Gasteiger partial charge in [0.25, 0.3) is 0 Å². The maximum Gasteiger partial charge on any atom is 0.187 e. The molecule has 4 aliphatic carbocycles. The zero-order valence-electron chi connectivity index (χ0n) is 51.2. The molecule has 1 saturated carbocycles. The lowest BCUT2D eigenvalue weighted by Gasteiger charge is -2.53. The lowest BCUT2D eigenvalue weighted by molar-refractivity contribution is -0.360. The summed E-state index contributed by atoms with van der Waals surface area (Å²) >= 11 is 0. The zero-order valence-corrected chi connectivity index (χ0v) is 51.2. The van der Waals surface area contributed by atoms with E-state index in [-0.39, 0.29) is 47.2 Å². The standard InChI is InChI=1S/C61H94O24/c1-27-54(39(69-8)21-45(74-27)79-34-15-17-60(7)33(19-34)13-14-35-36-16-18-61(68,32(6)63)50(36)38(64)20-37(35)60)81-46-22-40(70-9)55(28(2)75-46)82-47-23-41(71-10)56(29(3)76-47)83-48-24-42(72-11)57(30(4)77-48)84-49-25-43(73-12)58(31(5)78-49)85-59-53(67)52(66)51(65)44(26-62)80-59/h13,16,18,27-31,34-35,37,39-49,51-59,62,65-68H,14-15,17,19-26H2,1-12H3/t27-,28-,29-,30-,31-,34+,35+,37+,39-,40-,41+,42+,43-,44-,45+,46+,47+,48+,49+,51-,52+,53-,54-,55-,56-,57-,58+,59+,60+,61-/m1/s1. The Morgan fingerprint density at radius 1 is 0.588 bits per heavy atom. The van der Waals surface area contributed by atoms with Gasteiger partial charge in [0.1, 0.15) is 54.9 Å². The maximum absolute atomic E-state index is 13.6. The van der Waals surface area contributed by atoms with Gasteiger partial charge in [-0.05, 0) is 96.1 Å². The molecule has 24 heteroatoms. The summed E-state index contributed by atoms with van der Waals surface area (Å²) < 4.78 is 107. The van der Waals surface area contributed by atoms with Gasteiger partial charge >= 0.3 is 0 Å². The molecule has 6 aliphatic heterocycles. The lowest BCUT2D eigenvalue weighted by atomic mass is 9.52. The highest BCUT2D eigenvalue weighted by Gasteiger charge is 2.57. The average molecular weight is 1210 g/mol. The second kappa shape index (κ2) is 27.3. The fourth-order valence-electron chi connectivity index (χ4n) is 15.3. The number of rotatable bonds is 19. The van der Waals surface area contributed by atoms with Crippen LogP contribution in [0.2, 0.25) is 0 Å². The Labute approximate surface area is 498 Å². The second-order valence-electron chi connectivity index (χ2n) is 25.3. The molecule has 0 aromatic heterocycles. The van der Waals surface area contributed by atoms with Crippen molar-refractivity contribution in [2.45, 2.75) is 278 Å². The van der Waals surface area contributed by atoms with Gasteiger partial charge in [-0.3, -0.25) is 9.59 Å². The Balaban J connectivity index is 0.680. The largest absolute Gasteiger partial charge is 0.394 e. The van der Waals surface area contributed by atoms with Gasteiger partial charge in [-0.25, -0.2) is 0 Å². The van der Waals surface area contributed by atoms with Crippen LogP contribution in [0.3, 0.4) is 0 Å². The van der Waals surface area contributed by atoms with E-state index in [2.05, 4.69) is 13.0 Å². The second-order valence-corrected chi connectivity index (χ2v) is 25.3. The van der Waals surface area contributed by atoms with Gasteiger partial charge in [0.2, 0.25) is 0 Å². The Morgan fingerprint density at radius 2 is 1.00 bits per heavy atom. The van der Waals surface area contributed by atoms with Crippen LogP contribution in [0.5, 0.6) is 0 Å². The number of hydrogen-bond donors (Lipinski definition) is 5.